The molecule has 0 spiro atoms. The molecule has 0 aliphatic carbocycles. The fraction of sp³-hybridized carbons (Fsp3) is 0.846. The molecule has 1 N–H and O–H groups in total. The molecule has 0 atom stereocenters. The van der Waals surface area contributed by atoms with E-state index in [1.54, 1.807) is 11.3 Å². The van der Waals surface area contributed by atoms with Crippen molar-refractivity contribution in [2.24, 2.45) is 5.92 Å². The maximum absolute atomic E-state index is 5.39. The highest BCUT2D eigenvalue weighted by Gasteiger charge is 2.16. The summed E-state index contributed by atoms with van der Waals surface area (Å²) < 4.78 is 5.39. The summed E-state index contributed by atoms with van der Waals surface area (Å²) in [7, 11) is 2.16. The molecule has 6 heteroatoms. The number of nitrogens with one attached hydrogen (secondary N) is 1. The van der Waals surface area contributed by atoms with E-state index in [9.17, 15) is 0 Å². The fourth-order valence-electron chi connectivity index (χ4n) is 2.29. The van der Waals surface area contributed by atoms with Gasteiger partial charge in [0.05, 0.1) is 6.54 Å². The Kier molecular flexibility index (Phi) is 6.00. The molecule has 0 bridgehead atoms. The summed E-state index contributed by atoms with van der Waals surface area (Å²) in [5, 5.41) is 13.7. The van der Waals surface area contributed by atoms with E-state index in [-0.39, 0.29) is 0 Å². The van der Waals surface area contributed by atoms with Gasteiger partial charge in [-0.05, 0) is 32.2 Å². The molecule has 0 saturated carbocycles. The summed E-state index contributed by atoms with van der Waals surface area (Å²) in [4.78, 5) is 2.35. The van der Waals surface area contributed by atoms with Gasteiger partial charge in [-0.2, -0.15) is 0 Å². The Bertz CT molecular complexity index is 365. The topological polar surface area (TPSA) is 50.3 Å². The van der Waals surface area contributed by atoms with E-state index in [0.717, 1.165) is 55.3 Å². The molecular formula is C13H24N4OS. The zero-order valence-electron chi connectivity index (χ0n) is 11.9. The highest BCUT2D eigenvalue weighted by Crippen LogP contribution is 2.19. The lowest BCUT2D eigenvalue weighted by Gasteiger charge is -2.26. The van der Waals surface area contributed by atoms with E-state index >= 15 is 0 Å². The van der Waals surface area contributed by atoms with Gasteiger partial charge in [-0.1, -0.05) is 18.3 Å². The van der Waals surface area contributed by atoms with Crippen molar-refractivity contribution in [2.45, 2.75) is 32.7 Å². The third-order valence-electron chi connectivity index (χ3n) is 3.31. The first-order valence-corrected chi connectivity index (χ1v) is 7.92. The van der Waals surface area contributed by atoms with E-state index in [2.05, 4.69) is 34.4 Å². The van der Waals surface area contributed by atoms with E-state index in [1.807, 2.05) is 0 Å². The smallest absolute Gasteiger partial charge is 0.205 e. The summed E-state index contributed by atoms with van der Waals surface area (Å²) in [6, 6.07) is 0. The Morgan fingerprint density at radius 2 is 2.16 bits per heavy atom. The molecule has 0 amide bonds. The van der Waals surface area contributed by atoms with Crippen LogP contribution in [0.25, 0.3) is 0 Å². The Morgan fingerprint density at radius 1 is 1.37 bits per heavy atom. The largest absolute Gasteiger partial charge is 0.381 e. The Labute approximate surface area is 119 Å². The maximum atomic E-state index is 5.39. The van der Waals surface area contributed by atoms with Crippen LogP contribution in [-0.2, 0) is 11.3 Å². The molecule has 108 valence electrons. The van der Waals surface area contributed by atoms with Gasteiger partial charge < -0.3 is 10.1 Å². The van der Waals surface area contributed by atoms with Crippen LogP contribution in [0.5, 0.6) is 0 Å². The number of ether oxygens (including phenoxy) is 1. The minimum absolute atomic E-state index is 0.768. The summed E-state index contributed by atoms with van der Waals surface area (Å²) in [5.74, 6) is 0.768. The van der Waals surface area contributed by atoms with Gasteiger partial charge in [-0.25, -0.2) is 0 Å². The number of aromatic nitrogens is 2. The van der Waals surface area contributed by atoms with Crippen LogP contribution in [0.1, 0.15) is 31.2 Å². The van der Waals surface area contributed by atoms with Crippen molar-refractivity contribution >= 4 is 16.5 Å². The summed E-state index contributed by atoms with van der Waals surface area (Å²) in [6.07, 6.45) is 3.48. The maximum Gasteiger partial charge on any atom is 0.205 e. The monoisotopic (exact) mass is 284 g/mol. The second-order valence-corrected chi connectivity index (χ2v) is 6.24. The van der Waals surface area contributed by atoms with Crippen molar-refractivity contribution in [1.82, 2.24) is 15.1 Å². The Hall–Kier alpha value is -0.720. The highest BCUT2D eigenvalue weighted by molar-refractivity contribution is 7.15. The van der Waals surface area contributed by atoms with Crippen LogP contribution in [0.3, 0.4) is 0 Å². The molecule has 0 unspecified atom stereocenters. The van der Waals surface area contributed by atoms with Crippen LogP contribution in [0.2, 0.25) is 0 Å². The summed E-state index contributed by atoms with van der Waals surface area (Å²) in [6.45, 7) is 6.97. The van der Waals surface area contributed by atoms with Crippen molar-refractivity contribution in [3.8, 4) is 0 Å². The standard InChI is InChI=1S/C13H24N4OS/c1-3-6-14-13-16-15-12(19-13)10-17(2)9-11-4-7-18-8-5-11/h11H,3-10H2,1-2H3,(H,14,16). The van der Waals surface area contributed by atoms with Crippen LogP contribution in [0.4, 0.5) is 5.13 Å². The van der Waals surface area contributed by atoms with E-state index in [1.165, 1.54) is 12.8 Å². The second-order valence-electron chi connectivity index (χ2n) is 5.18. The van der Waals surface area contributed by atoms with Gasteiger partial charge in [0.2, 0.25) is 5.13 Å². The third kappa shape index (κ3) is 5.04. The molecule has 0 radical (unpaired) electrons. The quantitative estimate of drug-likeness (QED) is 0.832. The van der Waals surface area contributed by atoms with Gasteiger partial charge in [0.25, 0.3) is 0 Å². The predicted octanol–water partition coefficient (Wildman–Crippen LogP) is 2.22. The molecule has 1 aromatic heterocycles. The van der Waals surface area contributed by atoms with Crippen molar-refractivity contribution in [3.05, 3.63) is 5.01 Å². The first kappa shape index (κ1) is 14.7. The first-order chi connectivity index (χ1) is 9.28. The van der Waals surface area contributed by atoms with Gasteiger partial charge in [-0.3, -0.25) is 4.90 Å². The summed E-state index contributed by atoms with van der Waals surface area (Å²) >= 11 is 1.66. The molecule has 5 nitrogen and oxygen atoms in total. The van der Waals surface area contributed by atoms with Crippen molar-refractivity contribution in [1.29, 1.82) is 0 Å². The molecular weight excluding hydrogens is 260 g/mol. The number of nitrogens with zero attached hydrogens (tertiary/aromatic N) is 3. The average Bonchev–Trinajstić information content (AvgIpc) is 2.85. The Morgan fingerprint density at radius 3 is 2.89 bits per heavy atom. The lowest BCUT2D eigenvalue weighted by atomic mass is 10.00. The molecule has 1 saturated heterocycles. The van der Waals surface area contributed by atoms with Gasteiger partial charge in [0.1, 0.15) is 5.01 Å². The van der Waals surface area contributed by atoms with Crippen LogP contribution in [0.15, 0.2) is 0 Å². The third-order valence-corrected chi connectivity index (χ3v) is 4.17. The number of anilines is 1. The van der Waals surface area contributed by atoms with Gasteiger partial charge in [0, 0.05) is 26.3 Å². The number of hydrogen-bond acceptors (Lipinski definition) is 6. The fourth-order valence-corrected chi connectivity index (χ4v) is 3.13. The normalized spacial score (nSPS) is 17.0. The molecule has 0 aromatic carbocycles. The second kappa shape index (κ2) is 7.77. The van der Waals surface area contributed by atoms with E-state index < -0.39 is 0 Å². The number of hydrogen-bond donors (Lipinski definition) is 1. The van der Waals surface area contributed by atoms with Crippen LogP contribution in [-0.4, -0.2) is 48.4 Å². The van der Waals surface area contributed by atoms with Crippen molar-refractivity contribution in [3.63, 3.8) is 0 Å². The van der Waals surface area contributed by atoms with Crippen molar-refractivity contribution in [2.75, 3.05) is 38.7 Å². The van der Waals surface area contributed by atoms with Gasteiger partial charge in [-0.15, -0.1) is 10.2 Å². The molecule has 2 heterocycles. The minimum Gasteiger partial charge on any atom is -0.381 e. The van der Waals surface area contributed by atoms with Crippen LogP contribution >= 0.6 is 11.3 Å². The molecule has 1 aliphatic rings. The Balaban J connectivity index is 1.74. The SMILES string of the molecule is CCCNc1nnc(CN(C)CC2CCOCC2)s1. The molecule has 1 aromatic rings. The van der Waals surface area contributed by atoms with Gasteiger partial charge >= 0.3 is 0 Å². The molecule has 19 heavy (non-hydrogen) atoms. The first-order valence-electron chi connectivity index (χ1n) is 7.10. The van der Waals surface area contributed by atoms with Crippen LogP contribution in [0, 0.1) is 5.92 Å². The number of rotatable bonds is 7. The highest BCUT2D eigenvalue weighted by atomic mass is 32.1. The molecule has 1 aliphatic heterocycles. The molecule has 1 fully saturated rings. The zero-order valence-corrected chi connectivity index (χ0v) is 12.7. The zero-order chi connectivity index (χ0) is 13.5. The predicted molar refractivity (Wildman–Crippen MR) is 78.6 cm³/mol. The lowest BCUT2D eigenvalue weighted by molar-refractivity contribution is 0.0549. The lowest BCUT2D eigenvalue weighted by Crippen LogP contribution is -2.29. The van der Waals surface area contributed by atoms with E-state index in [4.69, 9.17) is 4.74 Å². The van der Waals surface area contributed by atoms with Crippen LogP contribution < -0.4 is 5.32 Å². The summed E-state index contributed by atoms with van der Waals surface area (Å²) in [5.41, 5.74) is 0. The minimum atomic E-state index is 0.768. The van der Waals surface area contributed by atoms with Crippen molar-refractivity contribution < 1.29 is 4.74 Å². The van der Waals surface area contributed by atoms with Gasteiger partial charge in [0.15, 0.2) is 0 Å². The average molecular weight is 284 g/mol. The van der Waals surface area contributed by atoms with E-state index in [0.29, 0.717) is 0 Å². The molecule has 2 rings (SSSR count).